The number of halogens is 1. The van der Waals surface area contributed by atoms with Crippen LogP contribution in [0.15, 0.2) is 5.38 Å². The number of likely N-dealkylation sites (N-methyl/N-ethyl adjacent to an activating group) is 1. The lowest BCUT2D eigenvalue weighted by Crippen LogP contribution is -2.24. The number of nitrogens with zero attached hydrogens (tertiary/aromatic N) is 1. The standard InChI is InChI=1S/C9H13N3OS.ClH/c1-10-4-8(13)12-9-11-7(5-14-9)6-2-3-6;/h5-6,10H,2-4H2,1H3,(H,11,12,13);1H. The first-order valence-corrected chi connectivity index (χ1v) is 5.57. The van der Waals surface area contributed by atoms with Gasteiger partial charge in [0.15, 0.2) is 5.13 Å². The van der Waals surface area contributed by atoms with Crippen molar-refractivity contribution in [3.05, 3.63) is 11.1 Å². The number of carbonyl (C=O) groups is 1. The first-order valence-electron chi connectivity index (χ1n) is 4.69. The number of nitrogens with one attached hydrogen (secondary N) is 2. The molecule has 1 aliphatic rings. The fourth-order valence-corrected chi connectivity index (χ4v) is 2.04. The molecule has 0 bridgehead atoms. The summed E-state index contributed by atoms with van der Waals surface area (Å²) in [6.07, 6.45) is 2.49. The van der Waals surface area contributed by atoms with Gasteiger partial charge >= 0.3 is 0 Å². The normalized spacial score (nSPS) is 14.5. The third-order valence-corrected chi connectivity index (χ3v) is 2.88. The highest BCUT2D eigenvalue weighted by Gasteiger charge is 2.26. The van der Waals surface area contributed by atoms with Crippen molar-refractivity contribution in [2.24, 2.45) is 0 Å². The molecular formula is C9H14ClN3OS. The zero-order chi connectivity index (χ0) is 9.97. The minimum Gasteiger partial charge on any atom is -0.311 e. The second-order valence-electron chi connectivity index (χ2n) is 3.43. The quantitative estimate of drug-likeness (QED) is 0.850. The minimum atomic E-state index is -0.0378. The van der Waals surface area contributed by atoms with E-state index in [9.17, 15) is 4.79 Å². The number of amides is 1. The van der Waals surface area contributed by atoms with E-state index in [1.165, 1.54) is 24.2 Å². The van der Waals surface area contributed by atoms with Crippen molar-refractivity contribution in [2.75, 3.05) is 18.9 Å². The van der Waals surface area contributed by atoms with Gasteiger partial charge in [-0.15, -0.1) is 23.7 Å². The van der Waals surface area contributed by atoms with Gasteiger partial charge in [-0.3, -0.25) is 4.79 Å². The summed E-state index contributed by atoms with van der Waals surface area (Å²) in [7, 11) is 1.75. The molecule has 0 unspecified atom stereocenters. The second kappa shape index (κ2) is 5.44. The van der Waals surface area contributed by atoms with Crippen molar-refractivity contribution < 1.29 is 4.79 Å². The topological polar surface area (TPSA) is 54.0 Å². The van der Waals surface area contributed by atoms with Crippen molar-refractivity contribution in [1.82, 2.24) is 10.3 Å². The molecule has 0 atom stereocenters. The van der Waals surface area contributed by atoms with Gasteiger partial charge in [0.2, 0.25) is 5.91 Å². The molecule has 1 amide bonds. The van der Waals surface area contributed by atoms with Crippen molar-refractivity contribution >= 4 is 34.8 Å². The van der Waals surface area contributed by atoms with Crippen LogP contribution in [0, 0.1) is 0 Å². The highest BCUT2D eigenvalue weighted by atomic mass is 35.5. The Morgan fingerprint density at radius 2 is 2.40 bits per heavy atom. The molecule has 1 aromatic heterocycles. The van der Waals surface area contributed by atoms with Crippen LogP contribution in [0.2, 0.25) is 0 Å². The summed E-state index contributed by atoms with van der Waals surface area (Å²) in [6.45, 7) is 0.332. The molecular weight excluding hydrogens is 234 g/mol. The Hall–Kier alpha value is -0.650. The van der Waals surface area contributed by atoms with Crippen LogP contribution in [0.1, 0.15) is 24.5 Å². The van der Waals surface area contributed by atoms with E-state index in [0.717, 1.165) is 5.69 Å². The molecule has 0 radical (unpaired) electrons. The van der Waals surface area contributed by atoms with E-state index in [-0.39, 0.29) is 18.3 Å². The summed E-state index contributed by atoms with van der Waals surface area (Å²) in [6, 6.07) is 0. The smallest absolute Gasteiger partial charge is 0.240 e. The van der Waals surface area contributed by atoms with E-state index >= 15 is 0 Å². The van der Waals surface area contributed by atoms with E-state index in [1.807, 2.05) is 5.38 Å². The molecule has 2 N–H and O–H groups in total. The van der Waals surface area contributed by atoms with E-state index < -0.39 is 0 Å². The highest BCUT2D eigenvalue weighted by molar-refractivity contribution is 7.13. The Balaban J connectivity index is 0.00000112. The molecule has 2 rings (SSSR count). The Kier molecular flexibility index (Phi) is 4.50. The number of anilines is 1. The van der Waals surface area contributed by atoms with Crippen LogP contribution < -0.4 is 10.6 Å². The first-order chi connectivity index (χ1) is 6.79. The van der Waals surface area contributed by atoms with Crippen molar-refractivity contribution in [3.8, 4) is 0 Å². The maximum absolute atomic E-state index is 11.2. The van der Waals surface area contributed by atoms with Crippen molar-refractivity contribution in [1.29, 1.82) is 0 Å². The van der Waals surface area contributed by atoms with E-state index in [4.69, 9.17) is 0 Å². The monoisotopic (exact) mass is 247 g/mol. The van der Waals surface area contributed by atoms with E-state index in [1.54, 1.807) is 7.05 Å². The van der Waals surface area contributed by atoms with Gasteiger partial charge in [0.25, 0.3) is 0 Å². The van der Waals surface area contributed by atoms with Crippen LogP contribution >= 0.6 is 23.7 Å². The number of rotatable bonds is 4. The molecule has 0 aliphatic heterocycles. The average Bonchev–Trinajstić information content (AvgIpc) is 2.89. The maximum atomic E-state index is 11.2. The lowest BCUT2D eigenvalue weighted by Gasteiger charge is -1.98. The van der Waals surface area contributed by atoms with Gasteiger partial charge < -0.3 is 10.6 Å². The molecule has 0 saturated heterocycles. The van der Waals surface area contributed by atoms with Gasteiger partial charge in [-0.1, -0.05) is 0 Å². The predicted octanol–water partition coefficient (Wildman–Crippen LogP) is 1.60. The maximum Gasteiger partial charge on any atom is 0.240 e. The number of aromatic nitrogens is 1. The minimum absolute atomic E-state index is 0. The fourth-order valence-electron chi connectivity index (χ4n) is 1.23. The summed E-state index contributed by atoms with van der Waals surface area (Å²) in [5, 5.41) is 8.30. The summed E-state index contributed by atoms with van der Waals surface area (Å²) in [5.74, 6) is 0.616. The summed E-state index contributed by atoms with van der Waals surface area (Å²) in [4.78, 5) is 15.6. The lowest BCUT2D eigenvalue weighted by molar-refractivity contribution is -0.115. The molecule has 0 spiro atoms. The van der Waals surface area contributed by atoms with Crippen LogP contribution in [0.5, 0.6) is 0 Å². The molecule has 1 aromatic rings. The molecule has 6 heteroatoms. The Morgan fingerprint density at radius 3 is 3.00 bits per heavy atom. The highest BCUT2D eigenvalue weighted by Crippen LogP contribution is 2.40. The lowest BCUT2D eigenvalue weighted by atomic mass is 10.3. The largest absolute Gasteiger partial charge is 0.311 e. The Morgan fingerprint density at radius 1 is 1.67 bits per heavy atom. The van der Waals surface area contributed by atoms with Gasteiger partial charge in [-0.05, 0) is 19.9 Å². The summed E-state index contributed by atoms with van der Waals surface area (Å²) < 4.78 is 0. The summed E-state index contributed by atoms with van der Waals surface area (Å²) in [5.41, 5.74) is 1.13. The SMILES string of the molecule is CNCC(=O)Nc1nc(C2CC2)cs1.Cl. The molecule has 84 valence electrons. The number of hydrogen-bond donors (Lipinski definition) is 2. The fraction of sp³-hybridized carbons (Fsp3) is 0.556. The van der Waals surface area contributed by atoms with Gasteiger partial charge in [0.05, 0.1) is 12.2 Å². The van der Waals surface area contributed by atoms with Gasteiger partial charge in [0.1, 0.15) is 0 Å². The van der Waals surface area contributed by atoms with Gasteiger partial charge in [-0.2, -0.15) is 0 Å². The number of thiazole rings is 1. The zero-order valence-electron chi connectivity index (χ0n) is 8.45. The van der Waals surface area contributed by atoms with E-state index in [0.29, 0.717) is 17.6 Å². The Bertz CT molecular complexity index is 338. The van der Waals surface area contributed by atoms with Crippen LogP contribution in [0.4, 0.5) is 5.13 Å². The average molecular weight is 248 g/mol. The molecule has 1 saturated carbocycles. The molecule has 4 nitrogen and oxygen atoms in total. The van der Waals surface area contributed by atoms with Crippen LogP contribution in [0.3, 0.4) is 0 Å². The van der Waals surface area contributed by atoms with Crippen molar-refractivity contribution in [2.45, 2.75) is 18.8 Å². The third-order valence-electron chi connectivity index (χ3n) is 2.10. The van der Waals surface area contributed by atoms with Gasteiger partial charge in [0, 0.05) is 11.3 Å². The van der Waals surface area contributed by atoms with Crippen LogP contribution in [0.25, 0.3) is 0 Å². The van der Waals surface area contributed by atoms with E-state index in [2.05, 4.69) is 15.6 Å². The second-order valence-corrected chi connectivity index (χ2v) is 4.29. The number of hydrogen-bond acceptors (Lipinski definition) is 4. The third kappa shape index (κ3) is 3.44. The molecule has 1 fully saturated rings. The van der Waals surface area contributed by atoms with Gasteiger partial charge in [-0.25, -0.2) is 4.98 Å². The predicted molar refractivity (Wildman–Crippen MR) is 63.9 cm³/mol. The van der Waals surface area contributed by atoms with Crippen LogP contribution in [-0.2, 0) is 4.79 Å². The molecule has 0 aromatic carbocycles. The van der Waals surface area contributed by atoms with Crippen molar-refractivity contribution in [3.63, 3.8) is 0 Å². The Labute approximate surface area is 98.9 Å². The molecule has 15 heavy (non-hydrogen) atoms. The molecule has 1 heterocycles. The zero-order valence-corrected chi connectivity index (χ0v) is 10.1. The first kappa shape index (κ1) is 12.4. The summed E-state index contributed by atoms with van der Waals surface area (Å²) >= 11 is 1.50. The van der Waals surface area contributed by atoms with Crippen LogP contribution in [-0.4, -0.2) is 24.5 Å². The number of carbonyl (C=O) groups excluding carboxylic acids is 1. The molecule has 1 aliphatic carbocycles.